The number of methoxy groups -OCH3 is 1. The van der Waals surface area contributed by atoms with Crippen molar-refractivity contribution in [2.75, 3.05) is 37.0 Å². The summed E-state index contributed by atoms with van der Waals surface area (Å²) in [5.41, 5.74) is 1.36. The van der Waals surface area contributed by atoms with Gasteiger partial charge in [0.2, 0.25) is 5.95 Å². The summed E-state index contributed by atoms with van der Waals surface area (Å²) in [6, 6.07) is 8.15. The van der Waals surface area contributed by atoms with Crippen molar-refractivity contribution in [2.24, 2.45) is 5.92 Å². The average molecular weight is 396 g/mol. The first kappa shape index (κ1) is 19.3. The third kappa shape index (κ3) is 3.92. The van der Waals surface area contributed by atoms with E-state index in [-0.39, 0.29) is 11.1 Å². The molecule has 1 aliphatic rings. The molecule has 0 radical (unpaired) electrons. The second-order valence-corrected chi connectivity index (χ2v) is 8.56. The van der Waals surface area contributed by atoms with Gasteiger partial charge in [0.1, 0.15) is 11.1 Å². The average Bonchev–Trinajstić information content (AvgIpc) is 3.33. The minimum Gasteiger partial charge on any atom is -0.497 e. The van der Waals surface area contributed by atoms with Gasteiger partial charge in [0, 0.05) is 31.4 Å². The van der Waals surface area contributed by atoms with E-state index >= 15 is 0 Å². The highest BCUT2D eigenvalue weighted by Crippen LogP contribution is 2.27. The van der Waals surface area contributed by atoms with E-state index in [1.54, 1.807) is 18.0 Å². The lowest BCUT2D eigenvalue weighted by Crippen LogP contribution is -2.25. The predicted octanol–water partition coefficient (Wildman–Crippen LogP) is 2.82. The third-order valence-electron chi connectivity index (χ3n) is 5.34. The normalized spacial score (nSPS) is 17.1. The van der Waals surface area contributed by atoms with Crippen LogP contribution in [0.1, 0.15) is 27.2 Å². The van der Waals surface area contributed by atoms with Gasteiger partial charge in [0.05, 0.1) is 18.8 Å². The van der Waals surface area contributed by atoms with Crippen molar-refractivity contribution in [3.05, 3.63) is 40.8 Å². The zero-order chi connectivity index (χ0) is 20.6. The lowest BCUT2D eigenvalue weighted by Gasteiger charge is -2.20. The Morgan fingerprint density at radius 1 is 1.34 bits per heavy atom. The molecule has 0 aliphatic carbocycles. The van der Waals surface area contributed by atoms with E-state index in [1.807, 2.05) is 32.9 Å². The van der Waals surface area contributed by atoms with Gasteiger partial charge < -0.3 is 15.0 Å². The first-order valence-corrected chi connectivity index (χ1v) is 9.96. The van der Waals surface area contributed by atoms with E-state index in [2.05, 4.69) is 37.4 Å². The molecule has 2 N–H and O–H groups in total. The molecule has 1 aromatic carbocycles. The maximum absolute atomic E-state index is 12.4. The molecule has 1 saturated heterocycles. The summed E-state index contributed by atoms with van der Waals surface area (Å²) < 4.78 is 7.13. The fraction of sp³-hybridized carbons (Fsp3) is 0.476. The second-order valence-electron chi connectivity index (χ2n) is 8.56. The highest BCUT2D eigenvalue weighted by molar-refractivity contribution is 5.74. The van der Waals surface area contributed by atoms with Crippen molar-refractivity contribution in [2.45, 2.75) is 32.7 Å². The monoisotopic (exact) mass is 396 g/mol. The van der Waals surface area contributed by atoms with Crippen LogP contribution in [0.5, 0.6) is 5.75 Å². The van der Waals surface area contributed by atoms with Crippen molar-refractivity contribution >= 4 is 22.7 Å². The molecule has 3 aromatic rings. The summed E-state index contributed by atoms with van der Waals surface area (Å²) in [6.45, 7) is 8.83. The molecular weight excluding hydrogens is 368 g/mol. The summed E-state index contributed by atoms with van der Waals surface area (Å²) in [7, 11) is 1.69. The Labute approximate surface area is 169 Å². The molecule has 1 atom stereocenters. The Kier molecular flexibility index (Phi) is 4.94. The molecule has 154 valence electrons. The highest BCUT2D eigenvalue weighted by Gasteiger charge is 2.24. The number of ether oxygens (including phenoxy) is 1. The minimum atomic E-state index is -0.248. The van der Waals surface area contributed by atoms with Gasteiger partial charge in [-0.1, -0.05) is 6.07 Å². The number of nitrogens with one attached hydrogen (secondary N) is 2. The summed E-state index contributed by atoms with van der Waals surface area (Å²) in [5, 5.41) is 8.19. The Hall–Kier alpha value is -3.03. The number of aromatic nitrogens is 4. The number of fused-ring (bicyclic) bond motifs is 1. The van der Waals surface area contributed by atoms with Gasteiger partial charge in [-0.05, 0) is 45.2 Å². The van der Waals surface area contributed by atoms with Crippen LogP contribution in [-0.2, 0) is 5.54 Å². The molecule has 8 heteroatoms. The zero-order valence-electron chi connectivity index (χ0n) is 17.4. The van der Waals surface area contributed by atoms with Crippen LogP contribution in [-0.4, -0.2) is 46.5 Å². The van der Waals surface area contributed by atoms with Gasteiger partial charge in [0.25, 0.3) is 5.56 Å². The van der Waals surface area contributed by atoms with E-state index in [9.17, 15) is 4.79 Å². The van der Waals surface area contributed by atoms with Crippen LogP contribution in [0.4, 0.5) is 11.6 Å². The summed E-state index contributed by atoms with van der Waals surface area (Å²) >= 11 is 0. The Morgan fingerprint density at radius 3 is 2.93 bits per heavy atom. The van der Waals surface area contributed by atoms with Gasteiger partial charge in [-0.2, -0.15) is 10.1 Å². The molecule has 1 fully saturated rings. The lowest BCUT2D eigenvalue weighted by molar-refractivity contribution is 0.366. The van der Waals surface area contributed by atoms with Crippen molar-refractivity contribution in [3.63, 3.8) is 0 Å². The van der Waals surface area contributed by atoms with Crippen molar-refractivity contribution in [1.29, 1.82) is 0 Å². The molecule has 1 aliphatic heterocycles. The molecular formula is C21H28N6O2. The van der Waals surface area contributed by atoms with Gasteiger partial charge >= 0.3 is 0 Å². The number of aromatic amines is 1. The SMILES string of the molecule is COc1cccc(N2CCC(CNc3nc4c(cnn4C(C)(C)C)c(=O)[nH]3)C2)c1. The standard InChI is InChI=1S/C21H28N6O2/c1-21(2,3)27-18-17(12-23-27)19(28)25-20(24-18)22-11-14-8-9-26(13-14)15-6-5-7-16(10-15)29-4/h5-7,10,12,14H,8-9,11,13H2,1-4H3,(H2,22,24,25,28). The van der Waals surface area contributed by atoms with Gasteiger partial charge in [0.15, 0.2) is 5.65 Å². The Bertz CT molecular complexity index is 1060. The first-order chi connectivity index (χ1) is 13.8. The number of nitrogens with zero attached hydrogens (tertiary/aromatic N) is 4. The zero-order valence-corrected chi connectivity index (χ0v) is 17.4. The van der Waals surface area contributed by atoms with Crippen molar-refractivity contribution < 1.29 is 4.74 Å². The fourth-order valence-electron chi connectivity index (χ4n) is 3.78. The largest absolute Gasteiger partial charge is 0.497 e. The fourth-order valence-corrected chi connectivity index (χ4v) is 3.78. The topological polar surface area (TPSA) is 88.1 Å². The van der Waals surface area contributed by atoms with Crippen LogP contribution in [0.25, 0.3) is 11.0 Å². The third-order valence-corrected chi connectivity index (χ3v) is 5.34. The van der Waals surface area contributed by atoms with Crippen LogP contribution in [0.2, 0.25) is 0 Å². The molecule has 0 bridgehead atoms. The number of rotatable bonds is 5. The maximum Gasteiger partial charge on any atom is 0.263 e. The van der Waals surface area contributed by atoms with Gasteiger partial charge in [-0.3, -0.25) is 9.78 Å². The van der Waals surface area contributed by atoms with E-state index in [0.29, 0.717) is 22.9 Å². The van der Waals surface area contributed by atoms with Crippen molar-refractivity contribution in [3.8, 4) is 5.75 Å². The second kappa shape index (κ2) is 7.42. The van der Waals surface area contributed by atoms with Gasteiger partial charge in [-0.25, -0.2) is 4.68 Å². The van der Waals surface area contributed by atoms with E-state index in [4.69, 9.17) is 4.74 Å². The minimum absolute atomic E-state index is 0.169. The van der Waals surface area contributed by atoms with E-state index in [1.165, 1.54) is 5.69 Å². The van der Waals surface area contributed by atoms with Crippen LogP contribution in [0, 0.1) is 5.92 Å². The highest BCUT2D eigenvalue weighted by atomic mass is 16.5. The number of hydrogen-bond acceptors (Lipinski definition) is 6. The van der Waals surface area contributed by atoms with Crippen molar-refractivity contribution in [1.82, 2.24) is 19.7 Å². The quantitative estimate of drug-likeness (QED) is 0.690. The molecule has 0 saturated carbocycles. The number of H-pyrrole nitrogens is 1. The first-order valence-electron chi connectivity index (χ1n) is 9.96. The Morgan fingerprint density at radius 2 is 2.17 bits per heavy atom. The summed E-state index contributed by atoms with van der Waals surface area (Å²) in [4.78, 5) is 22.3. The molecule has 8 nitrogen and oxygen atoms in total. The number of benzene rings is 1. The molecule has 29 heavy (non-hydrogen) atoms. The van der Waals surface area contributed by atoms with Gasteiger partial charge in [-0.15, -0.1) is 0 Å². The lowest BCUT2D eigenvalue weighted by atomic mass is 10.1. The summed E-state index contributed by atoms with van der Waals surface area (Å²) in [5.74, 6) is 1.83. The predicted molar refractivity (Wildman–Crippen MR) is 115 cm³/mol. The van der Waals surface area contributed by atoms with E-state index in [0.717, 1.165) is 31.8 Å². The molecule has 1 unspecified atom stereocenters. The molecule has 0 spiro atoms. The Balaban J connectivity index is 1.45. The maximum atomic E-state index is 12.4. The summed E-state index contributed by atoms with van der Waals surface area (Å²) in [6.07, 6.45) is 2.66. The van der Waals surface area contributed by atoms with Crippen LogP contribution >= 0.6 is 0 Å². The van der Waals surface area contributed by atoms with Crippen LogP contribution < -0.4 is 20.5 Å². The molecule has 3 heterocycles. The smallest absolute Gasteiger partial charge is 0.263 e. The number of anilines is 2. The molecule has 4 rings (SSSR count). The van der Waals surface area contributed by atoms with Crippen LogP contribution in [0.3, 0.4) is 0 Å². The van der Waals surface area contributed by atoms with Crippen LogP contribution in [0.15, 0.2) is 35.3 Å². The number of hydrogen-bond donors (Lipinski definition) is 2. The van der Waals surface area contributed by atoms with E-state index < -0.39 is 0 Å². The molecule has 2 aromatic heterocycles. The molecule has 0 amide bonds.